The molecule has 0 aromatic heterocycles. The Labute approximate surface area is 277 Å². The van der Waals surface area contributed by atoms with Crippen LogP contribution in [0.4, 0.5) is 0 Å². The van der Waals surface area contributed by atoms with Gasteiger partial charge >= 0.3 is 11.9 Å². The van der Waals surface area contributed by atoms with Crippen molar-refractivity contribution in [2.24, 2.45) is 0 Å². The minimum Gasteiger partial charge on any atom is -0.394 e. The monoisotopic (exact) mass is 668 g/mol. The maximum Gasteiger partial charge on any atom is 0.364 e. The van der Waals surface area contributed by atoms with Crippen LogP contribution in [0, 0.1) is 0 Å². The summed E-state index contributed by atoms with van der Waals surface area (Å²) in [6.07, 6.45) is 0.239. The number of aliphatic hydroxyl groups is 2. The first kappa shape index (κ1) is 37.8. The Hall–Kier alpha value is -4.70. The molecule has 0 fully saturated rings. The van der Waals surface area contributed by atoms with Crippen LogP contribution in [0.15, 0.2) is 84.9 Å². The van der Waals surface area contributed by atoms with Gasteiger partial charge in [0.15, 0.2) is 0 Å². The van der Waals surface area contributed by atoms with E-state index >= 15 is 0 Å². The van der Waals surface area contributed by atoms with Crippen molar-refractivity contribution in [3.63, 3.8) is 0 Å². The number of aliphatic hydroxyl groups excluding tert-OH is 2. The van der Waals surface area contributed by atoms with Gasteiger partial charge in [-0.2, -0.15) is 9.78 Å². The Bertz CT molecular complexity index is 1280. The van der Waals surface area contributed by atoms with Crippen molar-refractivity contribution in [3.05, 3.63) is 107 Å². The third kappa shape index (κ3) is 14.0. The second-order valence-corrected chi connectivity index (χ2v) is 10.1. The van der Waals surface area contributed by atoms with Crippen molar-refractivity contribution >= 4 is 23.8 Å². The molecule has 2 amide bonds. The number of hydrogen-bond donors (Lipinski definition) is 4. The normalized spacial score (nSPS) is 12.0. The highest BCUT2D eigenvalue weighted by Crippen LogP contribution is 2.11. The molecule has 4 N–H and O–H groups in total. The average Bonchev–Trinajstić information content (AvgIpc) is 3.11. The zero-order valence-electron chi connectivity index (χ0n) is 26.3. The minimum atomic E-state index is -1.10. The van der Waals surface area contributed by atoms with Crippen LogP contribution in [0.25, 0.3) is 0 Å². The van der Waals surface area contributed by atoms with E-state index in [2.05, 4.69) is 10.6 Å². The summed E-state index contributed by atoms with van der Waals surface area (Å²) in [6, 6.07) is 21.4. The minimum absolute atomic E-state index is 0.0708. The van der Waals surface area contributed by atoms with Crippen LogP contribution in [-0.4, -0.2) is 98.9 Å². The molecular formula is C34H40N2O12. The van der Waals surface area contributed by atoms with Gasteiger partial charge in [-0.1, -0.05) is 60.7 Å². The smallest absolute Gasteiger partial charge is 0.364 e. The van der Waals surface area contributed by atoms with E-state index in [1.54, 1.807) is 48.5 Å². The van der Waals surface area contributed by atoms with Gasteiger partial charge in [0.1, 0.15) is 25.3 Å². The van der Waals surface area contributed by atoms with E-state index in [4.69, 9.17) is 39.2 Å². The zero-order chi connectivity index (χ0) is 34.4. The number of carbonyl (C=O) groups excluding carboxylic acids is 4. The van der Waals surface area contributed by atoms with E-state index in [0.717, 1.165) is 11.1 Å². The van der Waals surface area contributed by atoms with E-state index in [0.29, 0.717) is 0 Å². The van der Waals surface area contributed by atoms with Gasteiger partial charge in [-0.15, -0.1) is 0 Å². The summed E-state index contributed by atoms with van der Waals surface area (Å²) in [4.78, 5) is 71.4. The number of hydrogen-bond acceptors (Lipinski definition) is 12. The molecule has 3 aromatic rings. The molecule has 258 valence electrons. The first-order valence-corrected chi connectivity index (χ1v) is 15.2. The molecule has 0 aliphatic carbocycles. The molecular weight excluding hydrogens is 628 g/mol. The van der Waals surface area contributed by atoms with Crippen LogP contribution in [0.2, 0.25) is 0 Å². The Morgan fingerprint density at radius 1 is 0.521 bits per heavy atom. The number of ether oxygens (including phenoxy) is 2. The lowest BCUT2D eigenvalue weighted by Gasteiger charge is -2.18. The molecule has 0 saturated carbocycles. The SMILES string of the molecule is O=C(NC(Cc1ccccc1)C(=O)OOCCOCCO)c1ccc(C(=O)NC(Cc2ccccc2)C(=O)OOCCOCCO)cc1. The second-order valence-electron chi connectivity index (χ2n) is 10.1. The van der Waals surface area contributed by atoms with Gasteiger partial charge in [-0.3, -0.25) is 19.4 Å². The largest absolute Gasteiger partial charge is 0.394 e. The molecule has 14 heteroatoms. The first-order valence-electron chi connectivity index (χ1n) is 15.2. The lowest BCUT2D eigenvalue weighted by atomic mass is 10.0. The third-order valence-corrected chi connectivity index (χ3v) is 6.53. The predicted octanol–water partition coefficient (Wildman–Crippen LogP) is 1.34. The van der Waals surface area contributed by atoms with Crippen LogP contribution in [-0.2, 0) is 51.5 Å². The average molecular weight is 669 g/mol. The molecule has 0 aliphatic heterocycles. The van der Waals surface area contributed by atoms with Crippen LogP contribution in [0.5, 0.6) is 0 Å². The maximum absolute atomic E-state index is 13.1. The fraction of sp³-hybridized carbons (Fsp3) is 0.353. The molecule has 2 atom stereocenters. The molecule has 48 heavy (non-hydrogen) atoms. The lowest BCUT2D eigenvalue weighted by molar-refractivity contribution is -0.278. The highest BCUT2D eigenvalue weighted by molar-refractivity contribution is 6.00. The van der Waals surface area contributed by atoms with Crippen molar-refractivity contribution in [3.8, 4) is 0 Å². The molecule has 0 radical (unpaired) electrons. The zero-order valence-corrected chi connectivity index (χ0v) is 26.3. The van der Waals surface area contributed by atoms with Crippen LogP contribution < -0.4 is 10.6 Å². The van der Waals surface area contributed by atoms with Gasteiger partial charge in [0.2, 0.25) is 0 Å². The Kier molecular flexibility index (Phi) is 17.3. The molecule has 0 bridgehead atoms. The van der Waals surface area contributed by atoms with Crippen molar-refractivity contribution < 1.29 is 58.4 Å². The Morgan fingerprint density at radius 3 is 1.25 bits per heavy atom. The van der Waals surface area contributed by atoms with E-state index in [1.807, 2.05) is 12.1 Å². The van der Waals surface area contributed by atoms with E-state index in [1.165, 1.54) is 24.3 Å². The quantitative estimate of drug-likeness (QED) is 0.0685. The van der Waals surface area contributed by atoms with Crippen LogP contribution >= 0.6 is 0 Å². The summed E-state index contributed by atoms with van der Waals surface area (Å²) in [6.45, 7) is -0.0376. The third-order valence-electron chi connectivity index (χ3n) is 6.53. The molecule has 3 aromatic carbocycles. The maximum atomic E-state index is 13.1. The summed E-state index contributed by atoms with van der Waals surface area (Å²) in [5.41, 5.74) is 1.85. The molecule has 3 rings (SSSR count). The van der Waals surface area contributed by atoms with E-state index in [9.17, 15) is 19.2 Å². The fourth-order valence-electron chi connectivity index (χ4n) is 4.18. The predicted molar refractivity (Wildman–Crippen MR) is 169 cm³/mol. The van der Waals surface area contributed by atoms with Gasteiger partial charge in [0.25, 0.3) is 11.8 Å². The summed E-state index contributed by atoms with van der Waals surface area (Å²) in [5, 5.41) is 22.8. The summed E-state index contributed by atoms with van der Waals surface area (Å²) in [5.74, 6) is -2.86. The van der Waals surface area contributed by atoms with Crippen molar-refractivity contribution in [1.82, 2.24) is 10.6 Å². The van der Waals surface area contributed by atoms with E-state index < -0.39 is 35.8 Å². The number of amides is 2. The summed E-state index contributed by atoms with van der Waals surface area (Å²) >= 11 is 0. The number of nitrogens with one attached hydrogen (secondary N) is 2. The molecule has 2 unspecified atom stereocenters. The molecule has 0 heterocycles. The summed E-state index contributed by atoms with van der Waals surface area (Å²) < 4.78 is 10.1. The van der Waals surface area contributed by atoms with Crippen molar-refractivity contribution in [1.29, 1.82) is 0 Å². The molecule has 0 aliphatic rings. The fourth-order valence-corrected chi connectivity index (χ4v) is 4.18. The van der Waals surface area contributed by atoms with Gasteiger partial charge in [-0.25, -0.2) is 9.59 Å². The van der Waals surface area contributed by atoms with E-state index in [-0.39, 0.29) is 76.8 Å². The first-order chi connectivity index (χ1) is 23.4. The standard InChI is InChI=1S/C34H40N2O12/c37-15-17-43-19-21-45-47-33(41)29(23-25-7-3-1-4-8-25)35-31(39)27-11-13-28(14-12-27)32(40)36-30(24-26-9-5-2-6-10-26)34(42)48-46-22-20-44-18-16-38/h1-14,29-30,37-38H,15-24H2,(H,35,39)(H,36,40). The van der Waals surface area contributed by atoms with Gasteiger partial charge in [0, 0.05) is 24.0 Å². The lowest BCUT2D eigenvalue weighted by Crippen LogP contribution is -2.44. The van der Waals surface area contributed by atoms with Gasteiger partial charge < -0.3 is 30.3 Å². The highest BCUT2D eigenvalue weighted by atomic mass is 17.2. The van der Waals surface area contributed by atoms with Gasteiger partial charge in [-0.05, 0) is 35.4 Å². The van der Waals surface area contributed by atoms with Crippen molar-refractivity contribution in [2.75, 3.05) is 52.9 Å². The summed E-state index contributed by atoms with van der Waals surface area (Å²) in [7, 11) is 0. The van der Waals surface area contributed by atoms with Crippen molar-refractivity contribution in [2.45, 2.75) is 24.9 Å². The number of rotatable bonds is 22. The van der Waals surface area contributed by atoms with Gasteiger partial charge in [0.05, 0.1) is 39.6 Å². The number of carbonyl (C=O) groups is 4. The second kappa shape index (κ2) is 22.0. The molecule has 14 nitrogen and oxygen atoms in total. The highest BCUT2D eigenvalue weighted by Gasteiger charge is 2.26. The van der Waals surface area contributed by atoms with Crippen LogP contribution in [0.3, 0.4) is 0 Å². The molecule has 0 spiro atoms. The Balaban J connectivity index is 1.62. The molecule has 0 saturated heterocycles. The van der Waals surface area contributed by atoms with Crippen LogP contribution in [0.1, 0.15) is 31.8 Å². The number of benzene rings is 3. The topological polar surface area (TPSA) is 188 Å². The Morgan fingerprint density at radius 2 is 0.896 bits per heavy atom.